The van der Waals surface area contributed by atoms with E-state index in [0.29, 0.717) is 31.5 Å². The van der Waals surface area contributed by atoms with Gasteiger partial charge in [-0.3, -0.25) is 4.79 Å². The van der Waals surface area contributed by atoms with Crippen molar-refractivity contribution in [3.05, 3.63) is 24.2 Å². The van der Waals surface area contributed by atoms with E-state index in [2.05, 4.69) is 19.2 Å². The molecular weight excluding hydrogens is 258 g/mol. The summed E-state index contributed by atoms with van der Waals surface area (Å²) in [6.07, 6.45) is 1.10. The fourth-order valence-electron chi connectivity index (χ4n) is 1.72. The first-order valence-electron chi connectivity index (χ1n) is 7.07. The zero-order chi connectivity index (χ0) is 15.0. The van der Waals surface area contributed by atoms with Gasteiger partial charge in [-0.05, 0) is 31.9 Å². The van der Waals surface area contributed by atoms with E-state index >= 15 is 0 Å². The van der Waals surface area contributed by atoms with E-state index < -0.39 is 6.10 Å². The van der Waals surface area contributed by atoms with Gasteiger partial charge < -0.3 is 19.2 Å². The quantitative estimate of drug-likeness (QED) is 0.756. The number of carbonyl (C=O) groups is 1. The zero-order valence-electron chi connectivity index (χ0n) is 12.7. The van der Waals surface area contributed by atoms with Gasteiger partial charge >= 0.3 is 0 Å². The summed E-state index contributed by atoms with van der Waals surface area (Å²) in [4.78, 5) is 12.0. The minimum atomic E-state index is -0.484. The molecule has 1 rings (SSSR count). The molecule has 1 aromatic heterocycles. The Morgan fingerprint density at radius 1 is 1.35 bits per heavy atom. The minimum absolute atomic E-state index is 0.165. The topological polar surface area (TPSA) is 60.7 Å². The van der Waals surface area contributed by atoms with Crippen LogP contribution in [0, 0.1) is 5.92 Å². The Morgan fingerprint density at radius 3 is 2.65 bits per heavy atom. The maximum Gasteiger partial charge on any atom is 0.249 e. The number of ether oxygens (including phenoxy) is 2. The minimum Gasteiger partial charge on any atom is -0.467 e. The molecule has 0 radical (unpaired) electrons. The normalized spacial score (nSPS) is 14.2. The second-order valence-electron chi connectivity index (χ2n) is 5.11. The number of amides is 1. The van der Waals surface area contributed by atoms with Crippen molar-refractivity contribution in [2.45, 2.75) is 39.8 Å². The van der Waals surface area contributed by atoms with E-state index in [4.69, 9.17) is 13.9 Å². The standard InChI is InChI=1S/C15H25NO4/c1-5-19-12(4)15(17)16-13(10-18-9-11(2)3)14-7-6-8-20-14/h6-8,11-13H,5,9-10H2,1-4H3,(H,16,17)/t12-,13-/m1/s1. The van der Waals surface area contributed by atoms with Crippen molar-refractivity contribution in [3.8, 4) is 0 Å². The van der Waals surface area contributed by atoms with E-state index in [1.54, 1.807) is 19.3 Å². The smallest absolute Gasteiger partial charge is 0.249 e. The monoisotopic (exact) mass is 283 g/mol. The molecule has 0 saturated heterocycles. The Morgan fingerprint density at radius 2 is 2.10 bits per heavy atom. The van der Waals surface area contributed by atoms with Crippen molar-refractivity contribution in [3.63, 3.8) is 0 Å². The van der Waals surface area contributed by atoms with Gasteiger partial charge in [-0.1, -0.05) is 13.8 Å². The van der Waals surface area contributed by atoms with Crippen LogP contribution in [-0.2, 0) is 14.3 Å². The summed E-state index contributed by atoms with van der Waals surface area (Å²) in [6.45, 7) is 9.29. The lowest BCUT2D eigenvalue weighted by Crippen LogP contribution is -2.38. The number of rotatable bonds is 9. The highest BCUT2D eigenvalue weighted by Crippen LogP contribution is 2.15. The Bertz CT molecular complexity index is 375. The van der Waals surface area contributed by atoms with Gasteiger partial charge in [0, 0.05) is 13.2 Å². The summed E-state index contributed by atoms with van der Waals surface area (Å²) in [5.74, 6) is 0.970. The van der Waals surface area contributed by atoms with Gasteiger partial charge in [0.25, 0.3) is 0 Å². The lowest BCUT2D eigenvalue weighted by atomic mass is 10.2. The zero-order valence-corrected chi connectivity index (χ0v) is 12.7. The molecule has 5 heteroatoms. The first-order chi connectivity index (χ1) is 9.54. The van der Waals surface area contributed by atoms with E-state index in [9.17, 15) is 4.79 Å². The van der Waals surface area contributed by atoms with Gasteiger partial charge in [0.1, 0.15) is 17.9 Å². The van der Waals surface area contributed by atoms with Crippen LogP contribution >= 0.6 is 0 Å². The van der Waals surface area contributed by atoms with Crippen molar-refractivity contribution in [2.75, 3.05) is 19.8 Å². The molecule has 0 aliphatic heterocycles. The van der Waals surface area contributed by atoms with Gasteiger partial charge in [0.05, 0.1) is 12.9 Å². The third-order valence-electron chi connectivity index (χ3n) is 2.72. The lowest BCUT2D eigenvalue weighted by molar-refractivity contribution is -0.132. The second-order valence-corrected chi connectivity index (χ2v) is 5.11. The molecule has 0 aromatic carbocycles. The van der Waals surface area contributed by atoms with Gasteiger partial charge in [-0.15, -0.1) is 0 Å². The molecule has 0 fully saturated rings. The Kier molecular flexibility index (Phi) is 7.33. The number of hydrogen-bond donors (Lipinski definition) is 1. The molecule has 1 heterocycles. The van der Waals surface area contributed by atoms with Gasteiger partial charge in [-0.25, -0.2) is 0 Å². The Balaban J connectivity index is 2.57. The molecule has 20 heavy (non-hydrogen) atoms. The van der Waals surface area contributed by atoms with Crippen LogP contribution in [0.4, 0.5) is 0 Å². The van der Waals surface area contributed by atoms with Crippen molar-refractivity contribution >= 4 is 5.91 Å². The molecule has 0 aliphatic carbocycles. The maximum absolute atomic E-state index is 12.0. The summed E-state index contributed by atoms with van der Waals surface area (Å²) in [7, 11) is 0. The molecule has 0 aliphatic rings. The number of furan rings is 1. The molecule has 0 unspecified atom stereocenters. The summed E-state index contributed by atoms with van der Waals surface area (Å²) in [5.41, 5.74) is 0. The third-order valence-corrected chi connectivity index (χ3v) is 2.72. The van der Waals surface area contributed by atoms with E-state index in [1.807, 2.05) is 13.0 Å². The van der Waals surface area contributed by atoms with E-state index in [1.165, 1.54) is 0 Å². The molecule has 0 saturated carbocycles. The van der Waals surface area contributed by atoms with Crippen LogP contribution in [-0.4, -0.2) is 31.8 Å². The number of nitrogens with one attached hydrogen (secondary N) is 1. The summed E-state index contributed by atoms with van der Waals surface area (Å²) < 4.78 is 16.2. The van der Waals surface area contributed by atoms with Crippen LogP contribution in [0.15, 0.2) is 22.8 Å². The van der Waals surface area contributed by atoms with Crippen LogP contribution in [0.2, 0.25) is 0 Å². The molecule has 2 atom stereocenters. The average Bonchev–Trinajstić information content (AvgIpc) is 2.91. The molecule has 0 bridgehead atoms. The molecule has 1 N–H and O–H groups in total. The first kappa shape index (κ1) is 16.7. The molecule has 5 nitrogen and oxygen atoms in total. The van der Waals surface area contributed by atoms with Gasteiger partial charge in [-0.2, -0.15) is 0 Å². The number of hydrogen-bond acceptors (Lipinski definition) is 4. The van der Waals surface area contributed by atoms with Crippen LogP contribution in [0.5, 0.6) is 0 Å². The lowest BCUT2D eigenvalue weighted by Gasteiger charge is -2.20. The first-order valence-corrected chi connectivity index (χ1v) is 7.07. The van der Waals surface area contributed by atoms with Crippen LogP contribution in [0.25, 0.3) is 0 Å². The maximum atomic E-state index is 12.0. The second kappa shape index (κ2) is 8.76. The fraction of sp³-hybridized carbons (Fsp3) is 0.667. The highest BCUT2D eigenvalue weighted by Gasteiger charge is 2.21. The van der Waals surface area contributed by atoms with Crippen LogP contribution in [0.1, 0.15) is 39.5 Å². The Labute approximate surface area is 120 Å². The largest absolute Gasteiger partial charge is 0.467 e. The molecule has 1 aromatic rings. The molecule has 1 amide bonds. The SMILES string of the molecule is CCO[C@H](C)C(=O)N[C@H](COCC(C)C)c1ccco1. The number of carbonyl (C=O) groups excluding carboxylic acids is 1. The van der Waals surface area contributed by atoms with Crippen LogP contribution < -0.4 is 5.32 Å². The summed E-state index contributed by atoms with van der Waals surface area (Å²) in [6, 6.07) is 3.33. The van der Waals surface area contributed by atoms with Crippen molar-refractivity contribution < 1.29 is 18.7 Å². The summed E-state index contributed by atoms with van der Waals surface area (Å²) in [5, 5.41) is 2.90. The van der Waals surface area contributed by atoms with Gasteiger partial charge in [0.2, 0.25) is 5.91 Å². The highest BCUT2D eigenvalue weighted by atomic mass is 16.5. The van der Waals surface area contributed by atoms with E-state index in [0.717, 1.165) is 0 Å². The van der Waals surface area contributed by atoms with E-state index in [-0.39, 0.29) is 11.9 Å². The molecular formula is C15H25NO4. The summed E-state index contributed by atoms with van der Waals surface area (Å²) >= 11 is 0. The van der Waals surface area contributed by atoms with Crippen molar-refractivity contribution in [2.24, 2.45) is 5.92 Å². The molecule has 0 spiro atoms. The molecule has 114 valence electrons. The van der Waals surface area contributed by atoms with Gasteiger partial charge in [0.15, 0.2) is 0 Å². The van der Waals surface area contributed by atoms with Crippen molar-refractivity contribution in [1.82, 2.24) is 5.32 Å². The highest BCUT2D eigenvalue weighted by molar-refractivity contribution is 5.80. The Hall–Kier alpha value is -1.33. The fourth-order valence-corrected chi connectivity index (χ4v) is 1.72. The van der Waals surface area contributed by atoms with Crippen molar-refractivity contribution in [1.29, 1.82) is 0 Å². The predicted octanol–water partition coefficient (Wildman–Crippen LogP) is 2.53. The third kappa shape index (κ3) is 5.75. The average molecular weight is 283 g/mol. The predicted molar refractivity (Wildman–Crippen MR) is 76.3 cm³/mol. The van der Waals surface area contributed by atoms with Crippen LogP contribution in [0.3, 0.4) is 0 Å².